The molecule has 1 aromatic rings. The van der Waals surface area contributed by atoms with Crippen molar-refractivity contribution < 1.29 is 28.3 Å². The van der Waals surface area contributed by atoms with Gasteiger partial charge in [0.25, 0.3) is 5.79 Å². The zero-order valence-corrected chi connectivity index (χ0v) is 31.5. The van der Waals surface area contributed by atoms with Crippen molar-refractivity contribution in [3.63, 3.8) is 0 Å². The van der Waals surface area contributed by atoms with Crippen LogP contribution in [0.25, 0.3) is 0 Å². The monoisotopic (exact) mass is 692 g/mol. The molecule has 6 nitrogen and oxygen atoms in total. The third-order valence-electron chi connectivity index (χ3n) is 9.16. The number of carbonyl (C=O) groups is 2. The third-order valence-corrected chi connectivity index (χ3v) is 18.6. The molecule has 0 heterocycles. The maximum absolute atomic E-state index is 12.9. The van der Waals surface area contributed by atoms with E-state index in [2.05, 4.69) is 75.4 Å². The molecule has 1 fully saturated rings. The highest BCUT2D eigenvalue weighted by molar-refractivity contribution is 9.10. The molecule has 0 aliphatic heterocycles. The fourth-order valence-corrected chi connectivity index (χ4v) is 7.43. The summed E-state index contributed by atoms with van der Waals surface area (Å²) in [5.74, 6) is -1.72. The lowest BCUT2D eigenvalue weighted by Gasteiger charge is -2.48. The van der Waals surface area contributed by atoms with Crippen LogP contribution in [0, 0.1) is 11.8 Å². The average molecular weight is 694 g/mol. The van der Waals surface area contributed by atoms with Crippen LogP contribution in [0.1, 0.15) is 73.6 Å². The summed E-state index contributed by atoms with van der Waals surface area (Å²) in [6.07, 6.45) is 10.6. The van der Waals surface area contributed by atoms with Gasteiger partial charge in [-0.25, -0.2) is 4.79 Å². The van der Waals surface area contributed by atoms with Gasteiger partial charge in [0, 0.05) is 23.2 Å². The molecular formula is C34H53BrO6Si2. The number of ether oxygens (including phenoxy) is 1. The van der Waals surface area contributed by atoms with Crippen molar-refractivity contribution in [3.05, 3.63) is 58.8 Å². The molecule has 0 bridgehead atoms. The first-order chi connectivity index (χ1) is 19.7. The molecule has 1 aliphatic rings. The number of carbonyl (C=O) groups excluding carboxylic acids is 1. The topological polar surface area (TPSA) is 82.1 Å². The van der Waals surface area contributed by atoms with Gasteiger partial charge in [-0.3, -0.25) is 4.79 Å². The van der Waals surface area contributed by atoms with Crippen LogP contribution in [0.2, 0.25) is 36.3 Å². The minimum atomic E-state index is -2.52. The largest absolute Gasteiger partial charge is 0.493 e. The van der Waals surface area contributed by atoms with Gasteiger partial charge >= 0.3 is 5.97 Å². The van der Waals surface area contributed by atoms with E-state index in [-0.39, 0.29) is 34.1 Å². The van der Waals surface area contributed by atoms with E-state index in [9.17, 15) is 14.7 Å². The Balaban J connectivity index is 2.13. The van der Waals surface area contributed by atoms with Gasteiger partial charge in [-0.05, 0) is 97.9 Å². The molecule has 2 rings (SSSR count). The zero-order chi connectivity index (χ0) is 32.7. The standard InChI is InChI=1S/C34H53BrO6Si2/c1-32(2,3)42(7,8)40-34(31(37)38,41-43(9,10)33(4,5)6)24-14-11-12-17-29-26(18-23-30(29)36)16-13-15-25-39-28-21-19-27(35)20-22-28/h12-14,16,19-22,26,29H,15,17-18,23-25H2,1-10H3,(H,37,38)/b16-13+/t11?,26-,29+/m0/s1. The molecule has 1 saturated carbocycles. The first kappa shape index (κ1) is 37.4. The fraction of sp³-hybridized carbons (Fsp3) is 0.618. The van der Waals surface area contributed by atoms with E-state index >= 15 is 0 Å². The number of aliphatic carboxylic acids is 1. The molecule has 1 aromatic carbocycles. The molecule has 0 unspecified atom stereocenters. The number of hydrogen-bond donors (Lipinski definition) is 1. The Morgan fingerprint density at radius 3 is 2.07 bits per heavy atom. The summed E-state index contributed by atoms with van der Waals surface area (Å²) in [5, 5.41) is 10.2. The first-order valence-corrected chi connectivity index (χ1v) is 21.9. The Bertz CT molecular complexity index is 1160. The van der Waals surface area contributed by atoms with Crippen LogP contribution < -0.4 is 4.74 Å². The van der Waals surface area contributed by atoms with Gasteiger partial charge in [0.2, 0.25) is 0 Å². The van der Waals surface area contributed by atoms with Crippen LogP contribution in [0.15, 0.2) is 58.8 Å². The summed E-state index contributed by atoms with van der Waals surface area (Å²) >= 11 is 3.43. The Hall–Kier alpha value is -1.75. The van der Waals surface area contributed by atoms with Crippen LogP contribution >= 0.6 is 15.9 Å². The van der Waals surface area contributed by atoms with E-state index in [1.54, 1.807) is 6.08 Å². The molecule has 9 heteroatoms. The average Bonchev–Trinajstić information content (AvgIpc) is 3.21. The zero-order valence-electron chi connectivity index (χ0n) is 27.9. The maximum atomic E-state index is 12.9. The Morgan fingerprint density at radius 2 is 1.56 bits per heavy atom. The highest BCUT2D eigenvalue weighted by atomic mass is 79.9. The van der Waals surface area contributed by atoms with Crippen molar-refractivity contribution in [3.8, 4) is 5.75 Å². The van der Waals surface area contributed by atoms with Gasteiger partial charge < -0.3 is 18.7 Å². The van der Waals surface area contributed by atoms with E-state index < -0.39 is 28.4 Å². The normalized spacial score (nSPS) is 18.5. The lowest BCUT2D eigenvalue weighted by Crippen LogP contribution is -2.60. The van der Waals surface area contributed by atoms with Crippen LogP contribution in [0.3, 0.4) is 0 Å². The second kappa shape index (κ2) is 15.0. The smallest absolute Gasteiger partial charge is 0.362 e. The van der Waals surface area contributed by atoms with Crippen molar-refractivity contribution in [2.75, 3.05) is 6.61 Å². The van der Waals surface area contributed by atoms with Gasteiger partial charge in [-0.15, -0.1) is 5.73 Å². The number of hydrogen-bond acceptors (Lipinski definition) is 5. The van der Waals surface area contributed by atoms with E-state index in [1.165, 1.54) is 0 Å². The number of carboxylic acid groups (broad SMARTS) is 1. The summed E-state index contributed by atoms with van der Waals surface area (Å²) in [4.78, 5) is 25.6. The number of rotatable bonds is 14. The van der Waals surface area contributed by atoms with Crippen LogP contribution in [0.5, 0.6) is 5.75 Å². The highest BCUT2D eigenvalue weighted by Gasteiger charge is 2.54. The van der Waals surface area contributed by atoms with Crippen molar-refractivity contribution in [1.82, 2.24) is 0 Å². The van der Waals surface area contributed by atoms with Gasteiger partial charge in [0.05, 0.1) is 6.61 Å². The van der Waals surface area contributed by atoms with Crippen LogP contribution in [-0.4, -0.2) is 45.9 Å². The molecular weight excluding hydrogens is 640 g/mol. The second-order valence-electron chi connectivity index (χ2n) is 14.6. The summed E-state index contributed by atoms with van der Waals surface area (Å²) < 4.78 is 20.0. The van der Waals surface area contributed by atoms with Gasteiger partial charge in [-0.1, -0.05) is 69.6 Å². The summed E-state index contributed by atoms with van der Waals surface area (Å²) in [6.45, 7) is 21.3. The minimum Gasteiger partial charge on any atom is -0.493 e. The number of benzene rings is 1. The number of Topliss-reactive ketones (excluding diaryl/α,β-unsaturated/α-hetero) is 1. The first-order valence-electron chi connectivity index (χ1n) is 15.3. The summed E-state index contributed by atoms with van der Waals surface area (Å²) in [5.41, 5.74) is 3.17. The number of ketones is 1. The maximum Gasteiger partial charge on any atom is 0.362 e. The Kier molecular flexibility index (Phi) is 13.1. The number of halogens is 1. The van der Waals surface area contributed by atoms with E-state index in [0.717, 1.165) is 23.1 Å². The molecule has 1 aliphatic carbocycles. The molecule has 0 saturated heterocycles. The van der Waals surface area contributed by atoms with Gasteiger partial charge in [-0.2, -0.15) is 0 Å². The summed E-state index contributed by atoms with van der Waals surface area (Å²) in [7, 11) is -5.03. The van der Waals surface area contributed by atoms with Crippen molar-refractivity contribution >= 4 is 44.3 Å². The van der Waals surface area contributed by atoms with Gasteiger partial charge in [0.1, 0.15) is 11.5 Å². The lowest BCUT2D eigenvalue weighted by molar-refractivity contribution is -0.191. The minimum absolute atomic E-state index is 0.0398. The molecule has 43 heavy (non-hydrogen) atoms. The summed E-state index contributed by atoms with van der Waals surface area (Å²) in [6, 6.07) is 7.76. The molecule has 2 atom stereocenters. The van der Waals surface area contributed by atoms with Crippen LogP contribution in [0.4, 0.5) is 0 Å². The SMILES string of the molecule is CC(C)(C)[Si](C)(C)OC(CC=C=CC[C@H]1C(=O)CC[C@@H]1/C=C/CCOc1ccc(Br)cc1)(O[Si](C)(C)C(C)(C)C)C(=O)O. The van der Waals surface area contributed by atoms with Crippen molar-refractivity contribution in [2.45, 2.75) is 116 Å². The quantitative estimate of drug-likeness (QED) is 0.0687. The Morgan fingerprint density at radius 1 is 1.00 bits per heavy atom. The molecule has 0 aromatic heterocycles. The molecule has 1 N–H and O–H groups in total. The predicted octanol–water partition coefficient (Wildman–Crippen LogP) is 9.69. The number of carboxylic acids is 1. The predicted molar refractivity (Wildman–Crippen MR) is 183 cm³/mol. The fourth-order valence-electron chi connectivity index (χ4n) is 4.40. The van der Waals surface area contributed by atoms with E-state index in [4.69, 9.17) is 13.6 Å². The van der Waals surface area contributed by atoms with Gasteiger partial charge in [0.15, 0.2) is 16.6 Å². The van der Waals surface area contributed by atoms with Crippen molar-refractivity contribution in [1.29, 1.82) is 0 Å². The molecule has 240 valence electrons. The highest BCUT2D eigenvalue weighted by Crippen LogP contribution is 2.45. The molecule has 0 amide bonds. The van der Waals surface area contributed by atoms with Crippen molar-refractivity contribution in [2.24, 2.45) is 11.8 Å². The molecule has 0 spiro atoms. The molecule has 0 radical (unpaired) electrons. The van der Waals surface area contributed by atoms with E-state index in [1.807, 2.05) is 56.5 Å². The second-order valence-corrected chi connectivity index (χ2v) is 25.0. The Labute approximate surface area is 270 Å². The number of allylic oxidation sites excluding steroid dienone is 1. The van der Waals surface area contributed by atoms with Crippen LogP contribution in [-0.2, 0) is 18.4 Å². The van der Waals surface area contributed by atoms with E-state index in [0.29, 0.717) is 19.4 Å². The third kappa shape index (κ3) is 10.7. The lowest BCUT2D eigenvalue weighted by atomic mass is 9.91.